The van der Waals surface area contributed by atoms with Crippen LogP contribution in [0.3, 0.4) is 0 Å². The van der Waals surface area contributed by atoms with Gasteiger partial charge in [0.1, 0.15) is 5.75 Å². The Kier molecular flexibility index (Phi) is 4.93. The van der Waals surface area contributed by atoms with Crippen molar-refractivity contribution in [3.8, 4) is 16.9 Å². The number of rotatable bonds is 4. The van der Waals surface area contributed by atoms with Crippen molar-refractivity contribution in [2.75, 3.05) is 11.4 Å². The summed E-state index contributed by atoms with van der Waals surface area (Å²) in [7, 11) is 0. The predicted molar refractivity (Wildman–Crippen MR) is 109 cm³/mol. The number of aryl methyl sites for hydroxylation is 1. The van der Waals surface area contributed by atoms with Crippen LogP contribution in [0.2, 0.25) is 0 Å². The molecule has 1 atom stereocenters. The molecule has 1 amide bonds. The molecule has 0 aliphatic carbocycles. The lowest BCUT2D eigenvalue weighted by Gasteiger charge is -2.31. The summed E-state index contributed by atoms with van der Waals surface area (Å²) in [6, 6.07) is 26.3. The van der Waals surface area contributed by atoms with Crippen LogP contribution in [0.5, 0.6) is 5.75 Å². The van der Waals surface area contributed by atoms with Crippen molar-refractivity contribution in [1.82, 2.24) is 0 Å². The Morgan fingerprint density at radius 1 is 0.889 bits per heavy atom. The molecule has 0 saturated carbocycles. The zero-order valence-electron chi connectivity index (χ0n) is 15.5. The number of hydrogen-bond donors (Lipinski definition) is 0. The second-order valence-electron chi connectivity index (χ2n) is 6.87. The number of nitrogens with zero attached hydrogens (tertiary/aromatic N) is 1. The van der Waals surface area contributed by atoms with Crippen LogP contribution in [0.4, 0.5) is 5.69 Å². The molecule has 1 aliphatic rings. The monoisotopic (exact) mass is 357 g/mol. The number of hydrogen-bond acceptors (Lipinski definition) is 2. The third-order valence-electron chi connectivity index (χ3n) is 5.00. The molecule has 1 aliphatic heterocycles. The van der Waals surface area contributed by atoms with Crippen molar-refractivity contribution in [3.63, 3.8) is 0 Å². The first-order chi connectivity index (χ1) is 13.2. The van der Waals surface area contributed by atoms with Crippen molar-refractivity contribution in [2.24, 2.45) is 0 Å². The lowest BCUT2D eigenvalue weighted by atomic mass is 10.0. The van der Waals surface area contributed by atoms with Crippen LogP contribution < -0.4 is 9.64 Å². The van der Waals surface area contributed by atoms with E-state index in [-0.39, 0.29) is 5.91 Å². The van der Waals surface area contributed by atoms with Crippen LogP contribution in [0.1, 0.15) is 18.9 Å². The van der Waals surface area contributed by atoms with Gasteiger partial charge in [-0.25, -0.2) is 0 Å². The quantitative estimate of drug-likeness (QED) is 0.650. The van der Waals surface area contributed by atoms with Crippen LogP contribution in [0, 0.1) is 0 Å². The fourth-order valence-corrected chi connectivity index (χ4v) is 3.59. The Bertz CT molecular complexity index is 919. The van der Waals surface area contributed by atoms with Crippen molar-refractivity contribution >= 4 is 11.6 Å². The van der Waals surface area contributed by atoms with Gasteiger partial charge in [-0.15, -0.1) is 0 Å². The van der Waals surface area contributed by atoms with Crippen LogP contribution in [-0.4, -0.2) is 18.6 Å². The number of para-hydroxylation sites is 1. The van der Waals surface area contributed by atoms with E-state index in [1.165, 1.54) is 5.56 Å². The molecule has 0 spiro atoms. The number of carbonyl (C=O) groups excluding carboxylic acids is 1. The molecule has 1 heterocycles. The van der Waals surface area contributed by atoms with Crippen LogP contribution in [0.15, 0.2) is 78.9 Å². The Hall–Kier alpha value is -3.07. The van der Waals surface area contributed by atoms with Crippen LogP contribution in [0.25, 0.3) is 11.1 Å². The van der Waals surface area contributed by atoms with Crippen LogP contribution in [-0.2, 0) is 11.2 Å². The number of anilines is 1. The third kappa shape index (κ3) is 3.72. The molecule has 0 bridgehead atoms. The van der Waals surface area contributed by atoms with Crippen LogP contribution >= 0.6 is 0 Å². The smallest absolute Gasteiger partial charge is 0.267 e. The highest BCUT2D eigenvalue weighted by atomic mass is 16.5. The Morgan fingerprint density at radius 2 is 1.56 bits per heavy atom. The molecule has 1 unspecified atom stereocenters. The van der Waals surface area contributed by atoms with Gasteiger partial charge in [0.05, 0.1) is 0 Å². The highest BCUT2D eigenvalue weighted by Gasteiger charge is 2.27. The summed E-state index contributed by atoms with van der Waals surface area (Å²) in [5.74, 6) is 0.718. The van der Waals surface area contributed by atoms with Crippen molar-refractivity contribution in [1.29, 1.82) is 0 Å². The highest BCUT2D eigenvalue weighted by molar-refractivity contribution is 5.97. The molecule has 3 nitrogen and oxygen atoms in total. The first kappa shape index (κ1) is 17.3. The second-order valence-corrected chi connectivity index (χ2v) is 6.87. The summed E-state index contributed by atoms with van der Waals surface area (Å²) in [6.45, 7) is 2.57. The number of amides is 1. The van der Waals surface area contributed by atoms with E-state index in [1.807, 2.05) is 72.5 Å². The van der Waals surface area contributed by atoms with Crippen molar-refractivity contribution in [2.45, 2.75) is 25.9 Å². The molecule has 0 radical (unpaired) electrons. The summed E-state index contributed by atoms with van der Waals surface area (Å²) in [6.07, 6.45) is 1.48. The van der Waals surface area contributed by atoms with E-state index in [1.54, 1.807) is 0 Å². The van der Waals surface area contributed by atoms with Crippen molar-refractivity contribution < 1.29 is 9.53 Å². The molecule has 0 saturated heterocycles. The van der Waals surface area contributed by atoms with Gasteiger partial charge in [-0.1, -0.05) is 60.7 Å². The standard InChI is InChI=1S/C24H23NO2/c1-18(24(26)25-17-7-11-21-10-5-6-12-23(21)25)27-22-15-13-20(14-16-22)19-8-3-2-4-9-19/h2-6,8-10,12-16,18H,7,11,17H2,1H3. The number of carbonyl (C=O) groups is 1. The summed E-state index contributed by atoms with van der Waals surface area (Å²) in [5.41, 5.74) is 4.55. The van der Waals surface area contributed by atoms with Gasteiger partial charge >= 0.3 is 0 Å². The maximum atomic E-state index is 13.0. The lowest BCUT2D eigenvalue weighted by Crippen LogP contribution is -2.43. The van der Waals surface area contributed by atoms with Gasteiger partial charge < -0.3 is 9.64 Å². The predicted octanol–water partition coefficient (Wildman–Crippen LogP) is 5.10. The van der Waals surface area contributed by atoms with Gasteiger partial charge in [0.15, 0.2) is 6.10 Å². The number of benzene rings is 3. The van der Waals surface area contributed by atoms with Crippen molar-refractivity contribution in [3.05, 3.63) is 84.4 Å². The minimum atomic E-state index is -0.529. The van der Waals surface area contributed by atoms with Gasteiger partial charge in [-0.2, -0.15) is 0 Å². The molecular weight excluding hydrogens is 334 g/mol. The van der Waals surface area contributed by atoms with E-state index >= 15 is 0 Å². The van der Waals surface area contributed by atoms with Gasteiger partial charge in [-0.05, 0) is 54.7 Å². The molecule has 3 aromatic rings. The Morgan fingerprint density at radius 3 is 2.33 bits per heavy atom. The number of fused-ring (bicyclic) bond motifs is 1. The van der Waals surface area contributed by atoms with E-state index in [0.29, 0.717) is 5.75 Å². The molecule has 4 rings (SSSR count). The SMILES string of the molecule is CC(Oc1ccc(-c2ccccc2)cc1)C(=O)N1CCCc2ccccc21. The van der Waals surface area contributed by atoms with Gasteiger partial charge in [0.25, 0.3) is 5.91 Å². The molecule has 3 heteroatoms. The Balaban J connectivity index is 1.46. The zero-order chi connectivity index (χ0) is 18.6. The second kappa shape index (κ2) is 7.67. The average Bonchev–Trinajstić information content (AvgIpc) is 2.74. The lowest BCUT2D eigenvalue weighted by molar-refractivity contribution is -0.124. The summed E-state index contributed by atoms with van der Waals surface area (Å²) in [4.78, 5) is 14.8. The van der Waals surface area contributed by atoms with E-state index in [2.05, 4.69) is 18.2 Å². The van der Waals surface area contributed by atoms with Gasteiger partial charge in [0.2, 0.25) is 0 Å². The average molecular weight is 357 g/mol. The highest BCUT2D eigenvalue weighted by Crippen LogP contribution is 2.28. The van der Waals surface area contributed by atoms with E-state index in [4.69, 9.17) is 4.74 Å². The molecular formula is C24H23NO2. The normalized spacial score (nSPS) is 14.3. The van der Waals surface area contributed by atoms with Gasteiger partial charge in [0, 0.05) is 12.2 Å². The summed E-state index contributed by atoms with van der Waals surface area (Å²) in [5, 5.41) is 0. The topological polar surface area (TPSA) is 29.5 Å². The fraction of sp³-hybridized carbons (Fsp3) is 0.208. The third-order valence-corrected chi connectivity index (χ3v) is 5.00. The minimum absolute atomic E-state index is 0.00860. The maximum absolute atomic E-state index is 13.0. The first-order valence-corrected chi connectivity index (χ1v) is 9.44. The molecule has 3 aromatic carbocycles. The van der Waals surface area contributed by atoms with E-state index < -0.39 is 6.10 Å². The summed E-state index contributed by atoms with van der Waals surface area (Å²) < 4.78 is 5.94. The Labute approximate surface area is 160 Å². The summed E-state index contributed by atoms with van der Waals surface area (Å²) >= 11 is 0. The minimum Gasteiger partial charge on any atom is -0.481 e. The maximum Gasteiger partial charge on any atom is 0.267 e. The van der Waals surface area contributed by atoms with Gasteiger partial charge in [-0.3, -0.25) is 4.79 Å². The molecule has 136 valence electrons. The zero-order valence-corrected chi connectivity index (χ0v) is 15.5. The largest absolute Gasteiger partial charge is 0.481 e. The molecule has 0 fully saturated rings. The van der Waals surface area contributed by atoms with E-state index in [0.717, 1.165) is 36.2 Å². The molecule has 0 aromatic heterocycles. The number of ether oxygens (including phenoxy) is 1. The molecule has 0 N–H and O–H groups in total. The first-order valence-electron chi connectivity index (χ1n) is 9.44. The van der Waals surface area contributed by atoms with E-state index in [9.17, 15) is 4.79 Å². The fourth-order valence-electron chi connectivity index (χ4n) is 3.59. The molecule has 27 heavy (non-hydrogen) atoms.